The minimum atomic E-state index is -0.544. The summed E-state index contributed by atoms with van der Waals surface area (Å²) in [5.41, 5.74) is 9.19. The van der Waals surface area contributed by atoms with Crippen LogP contribution in [0.1, 0.15) is 15.9 Å². The Morgan fingerprint density at radius 3 is 2.62 bits per heavy atom. The van der Waals surface area contributed by atoms with Crippen LogP contribution in [-0.4, -0.2) is 34.5 Å². The van der Waals surface area contributed by atoms with Crippen molar-refractivity contribution >= 4 is 29.3 Å². The SMILES string of the molecule is COc1cc2c(cc1C(N)=O)ncn2Cc1ccc(B(C)O)cc1. The van der Waals surface area contributed by atoms with Crippen LogP contribution in [0.5, 0.6) is 5.75 Å². The molecule has 0 saturated heterocycles. The molecule has 0 aliphatic rings. The summed E-state index contributed by atoms with van der Waals surface area (Å²) in [7, 11) is 1.50. The van der Waals surface area contributed by atoms with Gasteiger partial charge in [0.1, 0.15) is 5.75 Å². The first-order valence-corrected chi connectivity index (χ1v) is 7.59. The first kappa shape index (κ1) is 16.1. The highest BCUT2D eigenvalue weighted by atomic mass is 16.5. The number of benzene rings is 2. The van der Waals surface area contributed by atoms with Crippen LogP contribution in [0, 0.1) is 0 Å². The number of nitrogens with zero attached hydrogens (tertiary/aromatic N) is 2. The number of carbonyl (C=O) groups excluding carboxylic acids is 1. The van der Waals surface area contributed by atoms with Crippen molar-refractivity contribution in [3.05, 3.63) is 53.9 Å². The van der Waals surface area contributed by atoms with Crippen molar-refractivity contribution in [2.24, 2.45) is 5.73 Å². The van der Waals surface area contributed by atoms with E-state index in [0.717, 1.165) is 16.5 Å². The summed E-state index contributed by atoms with van der Waals surface area (Å²) < 4.78 is 7.23. The number of carbonyl (C=O) groups is 1. The summed E-state index contributed by atoms with van der Waals surface area (Å²) in [4.78, 5) is 15.8. The van der Waals surface area contributed by atoms with E-state index in [1.807, 2.05) is 28.8 Å². The summed E-state index contributed by atoms with van der Waals surface area (Å²) >= 11 is 0. The second-order valence-electron chi connectivity index (χ2n) is 5.70. The zero-order valence-electron chi connectivity index (χ0n) is 13.6. The summed E-state index contributed by atoms with van der Waals surface area (Å²) in [6, 6.07) is 11.2. The van der Waals surface area contributed by atoms with Crippen molar-refractivity contribution in [2.75, 3.05) is 7.11 Å². The molecule has 0 saturated carbocycles. The maximum absolute atomic E-state index is 11.5. The molecule has 0 atom stereocenters. The molecule has 24 heavy (non-hydrogen) atoms. The molecule has 2 aromatic carbocycles. The molecule has 3 rings (SSSR count). The lowest BCUT2D eigenvalue weighted by atomic mass is 9.64. The van der Waals surface area contributed by atoms with E-state index in [1.54, 1.807) is 25.3 Å². The van der Waals surface area contributed by atoms with Gasteiger partial charge in [-0.05, 0) is 17.1 Å². The van der Waals surface area contributed by atoms with Gasteiger partial charge in [-0.3, -0.25) is 4.79 Å². The van der Waals surface area contributed by atoms with Crippen LogP contribution in [-0.2, 0) is 6.54 Å². The number of primary amides is 1. The normalized spacial score (nSPS) is 10.8. The maximum Gasteiger partial charge on any atom is 0.320 e. The molecular weight excluding hydrogens is 305 g/mol. The predicted octanol–water partition coefficient (Wildman–Crippen LogP) is 1.01. The smallest absolute Gasteiger partial charge is 0.320 e. The Kier molecular flexibility index (Phi) is 4.27. The average Bonchev–Trinajstić information content (AvgIpc) is 2.96. The van der Waals surface area contributed by atoms with Crippen LogP contribution in [0.25, 0.3) is 11.0 Å². The van der Waals surface area contributed by atoms with Crippen molar-refractivity contribution in [1.82, 2.24) is 9.55 Å². The maximum atomic E-state index is 11.5. The quantitative estimate of drug-likeness (QED) is 0.686. The molecule has 0 aliphatic carbocycles. The molecule has 1 amide bonds. The topological polar surface area (TPSA) is 90.4 Å². The third-order valence-corrected chi connectivity index (χ3v) is 4.02. The zero-order chi connectivity index (χ0) is 17.3. The molecule has 1 heterocycles. The van der Waals surface area contributed by atoms with Gasteiger partial charge in [0.2, 0.25) is 0 Å². The molecule has 0 spiro atoms. The van der Waals surface area contributed by atoms with Crippen molar-refractivity contribution < 1.29 is 14.6 Å². The summed E-state index contributed by atoms with van der Waals surface area (Å²) in [5, 5.41) is 9.57. The fraction of sp³-hybridized carbons (Fsp3) is 0.176. The van der Waals surface area contributed by atoms with Gasteiger partial charge in [-0.25, -0.2) is 4.98 Å². The van der Waals surface area contributed by atoms with Gasteiger partial charge in [0.25, 0.3) is 5.91 Å². The van der Waals surface area contributed by atoms with E-state index in [0.29, 0.717) is 23.4 Å². The number of rotatable bonds is 5. The van der Waals surface area contributed by atoms with E-state index < -0.39 is 12.8 Å². The lowest BCUT2D eigenvalue weighted by Crippen LogP contribution is -2.25. The highest BCUT2D eigenvalue weighted by Crippen LogP contribution is 2.25. The predicted molar refractivity (Wildman–Crippen MR) is 93.8 cm³/mol. The van der Waals surface area contributed by atoms with Crippen molar-refractivity contribution in [3.8, 4) is 5.75 Å². The van der Waals surface area contributed by atoms with E-state index >= 15 is 0 Å². The van der Waals surface area contributed by atoms with Crippen LogP contribution in [0.2, 0.25) is 6.82 Å². The minimum absolute atomic E-state index is 0.316. The summed E-state index contributed by atoms with van der Waals surface area (Å²) in [6.07, 6.45) is 1.72. The van der Waals surface area contributed by atoms with Crippen molar-refractivity contribution in [1.29, 1.82) is 0 Å². The van der Waals surface area contributed by atoms with Crippen LogP contribution < -0.4 is 15.9 Å². The largest absolute Gasteiger partial charge is 0.496 e. The van der Waals surface area contributed by atoms with Gasteiger partial charge in [0.05, 0.1) is 30.0 Å². The molecule has 0 unspecified atom stereocenters. The molecular formula is C17H18BN3O3. The number of nitrogens with two attached hydrogens (primary N) is 1. The number of fused-ring (bicyclic) bond motifs is 1. The Labute approximate surface area is 140 Å². The highest BCUT2D eigenvalue weighted by Gasteiger charge is 2.14. The fourth-order valence-corrected chi connectivity index (χ4v) is 2.67. The molecule has 7 heteroatoms. The third-order valence-electron chi connectivity index (χ3n) is 4.02. The Hall–Kier alpha value is -2.80. The molecule has 122 valence electrons. The number of hydrogen-bond donors (Lipinski definition) is 2. The molecule has 3 aromatic rings. The Morgan fingerprint density at radius 2 is 2.04 bits per heavy atom. The number of amides is 1. The molecule has 3 N–H and O–H groups in total. The fourth-order valence-electron chi connectivity index (χ4n) is 2.67. The van der Waals surface area contributed by atoms with Gasteiger partial charge in [-0.15, -0.1) is 0 Å². The molecule has 0 fully saturated rings. The van der Waals surface area contributed by atoms with Crippen LogP contribution in [0.4, 0.5) is 0 Å². The van der Waals surface area contributed by atoms with Gasteiger partial charge in [0, 0.05) is 12.6 Å². The van der Waals surface area contributed by atoms with Gasteiger partial charge in [-0.1, -0.05) is 31.1 Å². The van der Waals surface area contributed by atoms with Gasteiger partial charge in [0.15, 0.2) is 0 Å². The number of aromatic nitrogens is 2. The summed E-state index contributed by atoms with van der Waals surface area (Å²) in [6.45, 7) is 1.88. The van der Waals surface area contributed by atoms with Crippen molar-refractivity contribution in [3.63, 3.8) is 0 Å². The summed E-state index contributed by atoms with van der Waals surface area (Å²) in [5.74, 6) is -0.113. The van der Waals surface area contributed by atoms with Crippen LogP contribution in [0.15, 0.2) is 42.7 Å². The molecule has 0 aliphatic heterocycles. The zero-order valence-corrected chi connectivity index (χ0v) is 13.6. The highest BCUT2D eigenvalue weighted by molar-refractivity contribution is 6.64. The van der Waals surface area contributed by atoms with E-state index in [2.05, 4.69) is 4.98 Å². The standard InChI is InChI=1S/C17H18BN3O3/c1-18(23)12-5-3-11(4-6-12)9-21-10-20-14-7-13(17(19)22)16(24-2)8-15(14)21/h3-8,10,23H,9H2,1-2H3,(H2,19,22). The Bertz CT molecular complexity index is 888. The number of ether oxygens (including phenoxy) is 1. The monoisotopic (exact) mass is 323 g/mol. The van der Waals surface area contributed by atoms with Crippen LogP contribution in [0.3, 0.4) is 0 Å². The second kappa shape index (κ2) is 6.37. The number of hydrogen-bond acceptors (Lipinski definition) is 4. The van der Waals surface area contributed by atoms with E-state index in [9.17, 15) is 9.82 Å². The minimum Gasteiger partial charge on any atom is -0.496 e. The van der Waals surface area contributed by atoms with Gasteiger partial charge >= 0.3 is 6.92 Å². The first-order chi connectivity index (χ1) is 11.5. The van der Waals surface area contributed by atoms with Gasteiger partial charge < -0.3 is 20.1 Å². The van der Waals surface area contributed by atoms with E-state index in [1.165, 1.54) is 7.11 Å². The number of methoxy groups -OCH3 is 1. The van der Waals surface area contributed by atoms with Crippen molar-refractivity contribution in [2.45, 2.75) is 13.4 Å². The first-order valence-electron chi connectivity index (χ1n) is 7.59. The molecule has 0 radical (unpaired) electrons. The van der Waals surface area contributed by atoms with E-state index in [4.69, 9.17) is 10.5 Å². The molecule has 0 bridgehead atoms. The Balaban J connectivity index is 1.96. The average molecular weight is 323 g/mol. The second-order valence-corrected chi connectivity index (χ2v) is 5.70. The van der Waals surface area contributed by atoms with Gasteiger partial charge in [-0.2, -0.15) is 0 Å². The number of imidazole rings is 1. The molecule has 1 aromatic heterocycles. The van der Waals surface area contributed by atoms with Crippen LogP contribution >= 0.6 is 0 Å². The molecule has 6 nitrogen and oxygen atoms in total. The third kappa shape index (κ3) is 2.98. The lowest BCUT2D eigenvalue weighted by Gasteiger charge is -2.09. The van der Waals surface area contributed by atoms with E-state index in [-0.39, 0.29) is 0 Å². The lowest BCUT2D eigenvalue weighted by molar-refractivity contribution is 0.0997. The Morgan fingerprint density at radius 1 is 1.33 bits per heavy atom.